The molecule has 0 radical (unpaired) electrons. The summed E-state index contributed by atoms with van der Waals surface area (Å²) >= 11 is 3.03. The highest BCUT2D eigenvalue weighted by molar-refractivity contribution is 8.01. The molecule has 0 aliphatic heterocycles. The number of aliphatic carboxylic acids is 2. The van der Waals surface area contributed by atoms with Gasteiger partial charge in [0.15, 0.2) is 0 Å². The van der Waals surface area contributed by atoms with Gasteiger partial charge in [0.05, 0.1) is 0 Å². The van der Waals surface area contributed by atoms with Crippen LogP contribution < -0.4 is 11.5 Å². The number of thioether (sulfide) groups is 2. The van der Waals surface area contributed by atoms with Crippen LogP contribution in [-0.2, 0) is 9.59 Å². The summed E-state index contributed by atoms with van der Waals surface area (Å²) in [5, 5.41) is 17.9. The van der Waals surface area contributed by atoms with E-state index >= 15 is 0 Å². The molecular weight excluding hydrogens is 312 g/mol. The summed E-state index contributed by atoms with van der Waals surface area (Å²) in [5.41, 5.74) is 11.3. The third-order valence-electron chi connectivity index (χ3n) is 3.27. The number of carboxylic acids is 2. The number of hydrogen-bond acceptors (Lipinski definition) is 6. The van der Waals surface area contributed by atoms with Crippen molar-refractivity contribution in [3.63, 3.8) is 0 Å². The van der Waals surface area contributed by atoms with Gasteiger partial charge in [0.25, 0.3) is 0 Å². The number of carbonyl (C=O) groups is 2. The zero-order valence-electron chi connectivity index (χ0n) is 13.0. The van der Waals surface area contributed by atoms with E-state index in [1.54, 1.807) is 0 Å². The zero-order valence-corrected chi connectivity index (χ0v) is 14.6. The van der Waals surface area contributed by atoms with Crippen LogP contribution in [0.3, 0.4) is 0 Å². The fraction of sp³-hybridized carbons (Fsp3) is 0.846. The fourth-order valence-electron chi connectivity index (χ4n) is 1.50. The number of nitrogens with two attached hydrogens (primary N) is 2. The third-order valence-corrected chi connectivity index (χ3v) is 6.25. The molecule has 21 heavy (non-hydrogen) atoms. The Labute approximate surface area is 134 Å². The standard InChI is InChI=1S/C13H26N2O4S2/c1-12(2,8(14)10(16)17)20-6-5-7-21-13(3,4)9(15)11(18)19/h8-9H,5-7,14-15H2,1-4H3,(H,16,17)(H,18,19)/t8-,9-/m1/s1. The molecular formula is C13H26N2O4S2. The Kier molecular flexibility index (Phi) is 8.09. The molecule has 0 rings (SSSR count). The van der Waals surface area contributed by atoms with Gasteiger partial charge in [0, 0.05) is 9.49 Å². The Bertz CT molecular complexity index is 341. The van der Waals surface area contributed by atoms with Gasteiger partial charge in [-0.15, -0.1) is 0 Å². The molecule has 0 aromatic carbocycles. The third kappa shape index (κ3) is 6.90. The summed E-state index contributed by atoms with van der Waals surface area (Å²) in [6.07, 6.45) is 0.834. The van der Waals surface area contributed by atoms with Crippen LogP contribution >= 0.6 is 23.5 Å². The van der Waals surface area contributed by atoms with Crippen molar-refractivity contribution >= 4 is 35.5 Å². The Balaban J connectivity index is 4.12. The molecule has 0 unspecified atom stereocenters. The van der Waals surface area contributed by atoms with Crippen LogP contribution in [0.5, 0.6) is 0 Å². The van der Waals surface area contributed by atoms with E-state index in [4.69, 9.17) is 21.7 Å². The highest BCUT2D eigenvalue weighted by Crippen LogP contribution is 2.31. The lowest BCUT2D eigenvalue weighted by atomic mass is 10.1. The predicted molar refractivity (Wildman–Crippen MR) is 88.9 cm³/mol. The summed E-state index contributed by atoms with van der Waals surface area (Å²) in [5.74, 6) is -0.482. The van der Waals surface area contributed by atoms with Gasteiger partial charge < -0.3 is 21.7 Å². The minimum Gasteiger partial charge on any atom is -0.480 e. The van der Waals surface area contributed by atoms with E-state index in [-0.39, 0.29) is 0 Å². The minimum absolute atomic E-state index is 0.538. The number of hydrogen-bond donors (Lipinski definition) is 4. The van der Waals surface area contributed by atoms with Crippen LogP contribution in [-0.4, -0.2) is 55.2 Å². The Morgan fingerprint density at radius 2 is 1.19 bits per heavy atom. The SMILES string of the molecule is CC(C)(SCCCSC(C)(C)[C@H](N)C(=O)O)[C@H](N)C(=O)O. The smallest absolute Gasteiger partial charge is 0.321 e. The van der Waals surface area contributed by atoms with Gasteiger partial charge in [-0.1, -0.05) is 0 Å². The van der Waals surface area contributed by atoms with Crippen molar-refractivity contribution in [1.82, 2.24) is 0 Å². The van der Waals surface area contributed by atoms with E-state index in [9.17, 15) is 9.59 Å². The summed E-state index contributed by atoms with van der Waals surface area (Å²) in [6, 6.07) is -1.82. The van der Waals surface area contributed by atoms with Gasteiger partial charge in [-0.05, 0) is 45.6 Å². The van der Waals surface area contributed by atoms with Crippen molar-refractivity contribution in [1.29, 1.82) is 0 Å². The second-order valence-electron chi connectivity index (χ2n) is 5.89. The van der Waals surface area contributed by atoms with Gasteiger partial charge in [0.2, 0.25) is 0 Å². The molecule has 0 saturated heterocycles. The quantitative estimate of drug-likeness (QED) is 0.438. The van der Waals surface area contributed by atoms with E-state index in [2.05, 4.69) is 0 Å². The van der Waals surface area contributed by atoms with Crippen molar-refractivity contribution in [3.05, 3.63) is 0 Å². The Hall–Kier alpha value is -0.440. The molecule has 6 N–H and O–H groups in total. The van der Waals surface area contributed by atoms with Crippen LogP contribution in [0.1, 0.15) is 34.1 Å². The molecule has 0 heterocycles. The highest BCUT2D eigenvalue weighted by atomic mass is 32.2. The van der Waals surface area contributed by atoms with Crippen molar-refractivity contribution in [2.24, 2.45) is 11.5 Å². The molecule has 0 aromatic rings. The molecule has 0 saturated carbocycles. The Morgan fingerprint density at radius 3 is 1.43 bits per heavy atom. The summed E-state index contributed by atoms with van der Waals surface area (Å²) in [4.78, 5) is 21.8. The molecule has 0 bridgehead atoms. The first-order valence-electron chi connectivity index (χ1n) is 6.66. The lowest BCUT2D eigenvalue weighted by molar-refractivity contribution is -0.140. The first-order valence-corrected chi connectivity index (χ1v) is 8.63. The topological polar surface area (TPSA) is 127 Å². The van der Waals surface area contributed by atoms with Crippen LogP contribution in [0.25, 0.3) is 0 Å². The first-order chi connectivity index (χ1) is 9.42. The number of rotatable bonds is 10. The lowest BCUT2D eigenvalue weighted by Crippen LogP contribution is -2.47. The summed E-state index contributed by atoms with van der Waals surface area (Å²) < 4.78 is -1.08. The molecule has 2 atom stereocenters. The molecule has 0 fully saturated rings. The zero-order chi connectivity index (χ0) is 16.8. The predicted octanol–water partition coefficient (Wildman–Crippen LogP) is 1.22. The fourth-order valence-corrected chi connectivity index (χ4v) is 3.88. The molecule has 8 heteroatoms. The van der Waals surface area contributed by atoms with E-state index in [1.165, 1.54) is 23.5 Å². The number of carboxylic acid groups (broad SMARTS) is 2. The van der Waals surface area contributed by atoms with Gasteiger partial charge in [-0.25, -0.2) is 0 Å². The van der Waals surface area contributed by atoms with Gasteiger partial charge >= 0.3 is 11.9 Å². The van der Waals surface area contributed by atoms with Crippen LogP contribution in [0, 0.1) is 0 Å². The van der Waals surface area contributed by atoms with Gasteiger partial charge in [0.1, 0.15) is 12.1 Å². The van der Waals surface area contributed by atoms with Crippen LogP contribution in [0.2, 0.25) is 0 Å². The molecule has 0 aliphatic carbocycles. The second kappa shape index (κ2) is 8.26. The second-order valence-corrected chi connectivity index (χ2v) is 9.39. The van der Waals surface area contributed by atoms with Crippen molar-refractivity contribution in [3.8, 4) is 0 Å². The van der Waals surface area contributed by atoms with Gasteiger partial charge in [-0.2, -0.15) is 23.5 Å². The molecule has 124 valence electrons. The van der Waals surface area contributed by atoms with Gasteiger partial charge in [-0.3, -0.25) is 9.59 Å². The average Bonchev–Trinajstić information content (AvgIpc) is 2.35. The maximum Gasteiger partial charge on any atom is 0.321 e. The maximum absolute atomic E-state index is 10.9. The largest absolute Gasteiger partial charge is 0.480 e. The minimum atomic E-state index is -1.00. The van der Waals surface area contributed by atoms with E-state index < -0.39 is 33.5 Å². The average molecular weight is 338 g/mol. The molecule has 6 nitrogen and oxygen atoms in total. The van der Waals surface area contributed by atoms with E-state index in [1.807, 2.05) is 27.7 Å². The summed E-state index contributed by atoms with van der Waals surface area (Å²) in [7, 11) is 0. The normalized spacial score (nSPS) is 15.5. The monoisotopic (exact) mass is 338 g/mol. The van der Waals surface area contributed by atoms with Crippen LogP contribution in [0.4, 0.5) is 0 Å². The van der Waals surface area contributed by atoms with E-state index in [0.717, 1.165) is 17.9 Å². The summed E-state index contributed by atoms with van der Waals surface area (Å²) in [6.45, 7) is 7.25. The van der Waals surface area contributed by atoms with Crippen molar-refractivity contribution in [2.45, 2.75) is 55.7 Å². The van der Waals surface area contributed by atoms with Crippen molar-refractivity contribution in [2.75, 3.05) is 11.5 Å². The van der Waals surface area contributed by atoms with Crippen molar-refractivity contribution < 1.29 is 19.8 Å². The maximum atomic E-state index is 10.9. The van der Waals surface area contributed by atoms with Crippen LogP contribution in [0.15, 0.2) is 0 Å². The Morgan fingerprint density at radius 1 is 0.905 bits per heavy atom. The molecule has 0 amide bonds. The first kappa shape index (κ1) is 20.6. The molecule has 0 aliphatic rings. The molecule has 0 spiro atoms. The molecule has 0 aromatic heterocycles. The van der Waals surface area contributed by atoms with E-state index in [0.29, 0.717) is 0 Å². The lowest BCUT2D eigenvalue weighted by Gasteiger charge is -2.29. The highest BCUT2D eigenvalue weighted by Gasteiger charge is 2.33.